The van der Waals surface area contributed by atoms with E-state index in [0.717, 1.165) is 21.7 Å². The van der Waals surface area contributed by atoms with Gasteiger partial charge in [0.15, 0.2) is 0 Å². The molecular formula is C23H24N2O5S. The van der Waals surface area contributed by atoms with Crippen LogP contribution in [0.1, 0.15) is 23.5 Å². The molecule has 0 unspecified atom stereocenters. The number of methoxy groups -OCH3 is 2. The van der Waals surface area contributed by atoms with Crippen molar-refractivity contribution in [3.05, 3.63) is 83.9 Å². The zero-order valence-corrected chi connectivity index (χ0v) is 18.4. The van der Waals surface area contributed by atoms with Gasteiger partial charge in [0.1, 0.15) is 5.69 Å². The van der Waals surface area contributed by atoms with Crippen LogP contribution in [0.2, 0.25) is 0 Å². The molecule has 1 heterocycles. The maximum atomic E-state index is 13.4. The van der Waals surface area contributed by atoms with E-state index in [0.29, 0.717) is 0 Å². The minimum atomic E-state index is -3.96. The molecule has 7 nitrogen and oxygen atoms in total. The Balaban J connectivity index is 2.04. The molecule has 0 aliphatic heterocycles. The highest BCUT2D eigenvalue weighted by molar-refractivity contribution is 7.92. The summed E-state index contributed by atoms with van der Waals surface area (Å²) in [6, 6.07) is 22.0. The molecule has 0 N–H and O–H groups in total. The molecule has 3 rings (SSSR count). The fourth-order valence-corrected chi connectivity index (χ4v) is 4.33. The van der Waals surface area contributed by atoms with E-state index in [1.165, 1.54) is 26.4 Å². The Morgan fingerprint density at radius 2 is 1.45 bits per heavy atom. The van der Waals surface area contributed by atoms with Gasteiger partial charge in [0.2, 0.25) is 27.7 Å². The number of nitrogens with zero attached hydrogens (tertiary/aromatic N) is 2. The first-order chi connectivity index (χ1) is 14.8. The average Bonchev–Trinajstić information content (AvgIpc) is 2.78. The Hall–Kier alpha value is -3.39. The quantitative estimate of drug-likeness (QED) is 0.532. The largest absolute Gasteiger partial charge is 0.481 e. The number of aromatic nitrogens is 1. The number of benzene rings is 2. The van der Waals surface area contributed by atoms with Crippen molar-refractivity contribution in [1.82, 2.24) is 4.98 Å². The van der Waals surface area contributed by atoms with E-state index in [4.69, 9.17) is 9.47 Å². The molecule has 8 heteroatoms. The van der Waals surface area contributed by atoms with Gasteiger partial charge in [-0.15, -0.1) is 0 Å². The Labute approximate surface area is 182 Å². The number of carbonyl (C=O) groups is 1. The fraction of sp³-hybridized carbons (Fsp3) is 0.217. The molecule has 0 atom stereocenters. The van der Waals surface area contributed by atoms with Crippen LogP contribution in [0.25, 0.3) is 0 Å². The summed E-state index contributed by atoms with van der Waals surface area (Å²) in [7, 11) is -1.17. The number of anilines is 1. The second kappa shape index (κ2) is 9.61. The van der Waals surface area contributed by atoms with E-state index >= 15 is 0 Å². The molecule has 0 spiro atoms. The minimum absolute atomic E-state index is 0.0194. The molecular weight excluding hydrogens is 416 g/mol. The van der Waals surface area contributed by atoms with Crippen LogP contribution in [0.3, 0.4) is 0 Å². The lowest BCUT2D eigenvalue weighted by Crippen LogP contribution is -2.37. The third-order valence-electron chi connectivity index (χ3n) is 4.78. The summed E-state index contributed by atoms with van der Waals surface area (Å²) in [5.41, 5.74) is 1.86. The Kier molecular flexibility index (Phi) is 6.91. The molecule has 1 aromatic heterocycles. The second-order valence-corrected chi connectivity index (χ2v) is 8.71. The van der Waals surface area contributed by atoms with E-state index in [1.807, 2.05) is 60.7 Å². The first-order valence-electron chi connectivity index (χ1n) is 9.57. The molecule has 0 aliphatic rings. The number of hydrogen-bond donors (Lipinski definition) is 0. The summed E-state index contributed by atoms with van der Waals surface area (Å²) < 4.78 is 36.3. The summed E-state index contributed by atoms with van der Waals surface area (Å²) in [6.45, 7) is 0. The van der Waals surface area contributed by atoms with Gasteiger partial charge in [-0.3, -0.25) is 4.79 Å². The Bertz CT molecular complexity index is 1100. The molecule has 2 aromatic carbocycles. The smallest absolute Gasteiger partial charge is 0.242 e. The number of sulfonamides is 1. The van der Waals surface area contributed by atoms with Crippen LogP contribution in [0, 0.1) is 0 Å². The summed E-state index contributed by atoms with van der Waals surface area (Å²) >= 11 is 0. The van der Waals surface area contributed by atoms with E-state index in [-0.39, 0.29) is 29.8 Å². The van der Waals surface area contributed by atoms with E-state index in [1.54, 1.807) is 0 Å². The molecule has 0 fully saturated rings. The topological polar surface area (TPSA) is 85.8 Å². The van der Waals surface area contributed by atoms with Crippen LogP contribution in [0.5, 0.6) is 11.8 Å². The molecule has 0 bridgehead atoms. The van der Waals surface area contributed by atoms with Crippen molar-refractivity contribution >= 4 is 21.6 Å². The van der Waals surface area contributed by atoms with Gasteiger partial charge in [-0.2, -0.15) is 4.98 Å². The third-order valence-corrected chi connectivity index (χ3v) is 5.84. The maximum Gasteiger partial charge on any atom is 0.242 e. The summed E-state index contributed by atoms with van der Waals surface area (Å²) in [4.78, 5) is 17.5. The van der Waals surface area contributed by atoms with Crippen molar-refractivity contribution in [3.8, 4) is 11.8 Å². The zero-order chi connectivity index (χ0) is 22.4. The van der Waals surface area contributed by atoms with E-state index < -0.39 is 15.9 Å². The second-order valence-electron chi connectivity index (χ2n) is 6.88. The van der Waals surface area contributed by atoms with Crippen molar-refractivity contribution in [2.75, 3.05) is 24.8 Å². The number of rotatable bonds is 8. The van der Waals surface area contributed by atoms with Gasteiger partial charge < -0.3 is 9.47 Å². The molecule has 0 radical (unpaired) electrons. The molecule has 31 heavy (non-hydrogen) atoms. The highest BCUT2D eigenvalue weighted by Crippen LogP contribution is 2.34. The van der Waals surface area contributed by atoms with Gasteiger partial charge in [0.25, 0.3) is 0 Å². The van der Waals surface area contributed by atoms with Crippen LogP contribution in [-0.4, -0.2) is 39.8 Å². The first kappa shape index (κ1) is 22.3. The summed E-state index contributed by atoms with van der Waals surface area (Å²) in [6.07, 6.45) is 0.922. The number of hydrogen-bond acceptors (Lipinski definition) is 6. The highest BCUT2D eigenvalue weighted by Gasteiger charge is 2.31. The monoisotopic (exact) mass is 440 g/mol. The van der Waals surface area contributed by atoms with E-state index in [9.17, 15) is 13.2 Å². The Morgan fingerprint density at radius 1 is 0.903 bits per heavy atom. The van der Waals surface area contributed by atoms with Crippen LogP contribution in [0.15, 0.2) is 72.8 Å². The number of ether oxygens (including phenoxy) is 2. The van der Waals surface area contributed by atoms with Crippen molar-refractivity contribution < 1.29 is 22.7 Å². The third kappa shape index (κ3) is 5.21. The van der Waals surface area contributed by atoms with Gasteiger partial charge >= 0.3 is 0 Å². The standard InChI is InChI=1S/C23H24N2O5S/c1-29-21-15-14-20(23(24-21)30-2)25(31(3,27)28)22(26)16-19(17-10-6-4-7-11-17)18-12-8-5-9-13-18/h4-15,19H,16H2,1-3H3. The number of amides is 1. The lowest BCUT2D eigenvalue weighted by atomic mass is 9.88. The van der Waals surface area contributed by atoms with Gasteiger partial charge in [-0.1, -0.05) is 60.7 Å². The normalized spacial score (nSPS) is 11.2. The van der Waals surface area contributed by atoms with Gasteiger partial charge in [-0.05, 0) is 17.2 Å². The van der Waals surface area contributed by atoms with Crippen LogP contribution < -0.4 is 13.8 Å². The fourth-order valence-electron chi connectivity index (χ4n) is 3.39. The first-order valence-corrected chi connectivity index (χ1v) is 11.4. The Morgan fingerprint density at radius 3 is 1.90 bits per heavy atom. The van der Waals surface area contributed by atoms with Crippen molar-refractivity contribution in [2.24, 2.45) is 0 Å². The van der Waals surface area contributed by atoms with Crippen LogP contribution >= 0.6 is 0 Å². The molecule has 0 saturated heterocycles. The summed E-state index contributed by atoms with van der Waals surface area (Å²) in [5.74, 6) is -0.691. The lowest BCUT2D eigenvalue weighted by Gasteiger charge is -2.25. The van der Waals surface area contributed by atoms with Crippen molar-refractivity contribution in [2.45, 2.75) is 12.3 Å². The number of pyridine rings is 1. The van der Waals surface area contributed by atoms with Crippen LogP contribution in [0.4, 0.5) is 5.69 Å². The minimum Gasteiger partial charge on any atom is -0.481 e. The van der Waals surface area contributed by atoms with Crippen molar-refractivity contribution in [3.63, 3.8) is 0 Å². The summed E-state index contributed by atoms with van der Waals surface area (Å²) in [5, 5.41) is 0. The predicted molar refractivity (Wildman–Crippen MR) is 119 cm³/mol. The average molecular weight is 441 g/mol. The van der Waals surface area contributed by atoms with Crippen LogP contribution in [-0.2, 0) is 14.8 Å². The molecule has 162 valence electrons. The van der Waals surface area contributed by atoms with E-state index in [2.05, 4.69) is 4.98 Å². The maximum absolute atomic E-state index is 13.4. The lowest BCUT2D eigenvalue weighted by molar-refractivity contribution is -0.117. The zero-order valence-electron chi connectivity index (χ0n) is 17.6. The number of carbonyl (C=O) groups excluding carboxylic acids is 1. The van der Waals surface area contributed by atoms with Gasteiger partial charge in [0.05, 0.1) is 20.5 Å². The van der Waals surface area contributed by atoms with Gasteiger partial charge in [0, 0.05) is 18.4 Å². The molecule has 0 saturated carbocycles. The predicted octanol–water partition coefficient (Wildman–Crippen LogP) is 3.61. The molecule has 0 aliphatic carbocycles. The highest BCUT2D eigenvalue weighted by atomic mass is 32.2. The molecule has 3 aromatic rings. The van der Waals surface area contributed by atoms with Gasteiger partial charge in [-0.25, -0.2) is 12.7 Å². The molecule has 1 amide bonds. The van der Waals surface area contributed by atoms with Crippen molar-refractivity contribution in [1.29, 1.82) is 0 Å². The SMILES string of the molecule is COc1ccc(N(C(=O)CC(c2ccccc2)c2ccccc2)S(C)(=O)=O)c(OC)n1.